The van der Waals surface area contributed by atoms with Crippen LogP contribution in [0, 0.1) is 0 Å². The molecule has 2 atom stereocenters. The van der Waals surface area contributed by atoms with Gasteiger partial charge in [-0.3, -0.25) is 4.99 Å². The van der Waals surface area contributed by atoms with Gasteiger partial charge in [-0.05, 0) is 63.6 Å². The number of rotatable bonds is 16. The van der Waals surface area contributed by atoms with Crippen molar-refractivity contribution in [1.82, 2.24) is 9.91 Å². The molecule has 0 fully saturated rings. The minimum absolute atomic E-state index is 0.661. The van der Waals surface area contributed by atoms with Crippen LogP contribution in [0.3, 0.4) is 0 Å². The Hall–Kier alpha value is -0.609. The summed E-state index contributed by atoms with van der Waals surface area (Å²) in [5, 5.41) is 2.11. The second-order valence-corrected chi connectivity index (χ2v) is 16.2. The summed E-state index contributed by atoms with van der Waals surface area (Å²) in [6, 6.07) is 3.05. The van der Waals surface area contributed by atoms with E-state index in [0.717, 1.165) is 57.0 Å². The molecule has 0 aliphatic rings. The molecule has 2 N–H and O–H groups in total. The van der Waals surface area contributed by atoms with Gasteiger partial charge in [0, 0.05) is 41.3 Å². The molecule has 0 aromatic rings. The van der Waals surface area contributed by atoms with Crippen LogP contribution >= 0.6 is 0 Å². The first-order valence-corrected chi connectivity index (χ1v) is 19.5. The normalized spacial score (nSPS) is 13.3. The number of nitrogens with two attached hydrogens (primary N) is 1. The predicted octanol–water partition coefficient (Wildman–Crippen LogP) is 3.01. The Morgan fingerprint density at radius 3 is 1.71 bits per heavy atom. The van der Waals surface area contributed by atoms with E-state index in [1.165, 1.54) is 0 Å². The van der Waals surface area contributed by atoms with E-state index in [4.69, 9.17) is 14.9 Å². The molecule has 204 valence electrons. The van der Waals surface area contributed by atoms with E-state index >= 15 is 0 Å². The van der Waals surface area contributed by atoms with Crippen LogP contribution in [0.4, 0.5) is 0 Å². The van der Waals surface area contributed by atoms with Gasteiger partial charge in [0.2, 0.25) is 24.4 Å². The molecular weight excluding hydrogens is 481 g/mol. The minimum Gasteiger partial charge on any atom is -0.389 e. The molecular formula is C22H57N6O3Si3+. The van der Waals surface area contributed by atoms with Crippen LogP contribution in [0.25, 0.3) is 0 Å². The third-order valence-electron chi connectivity index (χ3n) is 4.67. The number of quaternary nitrogens is 1. The molecule has 0 aromatic heterocycles. The predicted molar refractivity (Wildman–Crippen MR) is 155 cm³/mol. The van der Waals surface area contributed by atoms with E-state index in [2.05, 4.69) is 49.1 Å². The van der Waals surface area contributed by atoms with Crippen LogP contribution in [-0.2, 0) is 13.6 Å². The van der Waals surface area contributed by atoms with Crippen molar-refractivity contribution < 1.29 is 18.2 Å². The number of hydrogen-bond donors (Lipinski definition) is 1. The molecule has 0 heterocycles. The lowest BCUT2D eigenvalue weighted by Crippen LogP contribution is -2.49. The van der Waals surface area contributed by atoms with Gasteiger partial charge in [-0.2, -0.15) is 5.01 Å². The second kappa shape index (κ2) is 25.5. The Morgan fingerprint density at radius 1 is 0.971 bits per heavy atom. The number of nitrogens with zero attached hydrogens (tertiary/aromatic N) is 5. The fourth-order valence-electron chi connectivity index (χ4n) is 1.81. The molecule has 0 amide bonds. The van der Waals surface area contributed by atoms with Gasteiger partial charge in [0.1, 0.15) is 0 Å². The lowest BCUT2D eigenvalue weighted by atomic mass is 10.5. The summed E-state index contributed by atoms with van der Waals surface area (Å²) in [6.45, 7) is 12.7. The van der Waals surface area contributed by atoms with E-state index < -0.39 is 26.8 Å². The molecule has 0 rings (SSSR count). The van der Waals surface area contributed by atoms with Crippen LogP contribution in [0.15, 0.2) is 9.98 Å². The topological polar surface area (TPSA) is 92.8 Å². The fraction of sp³-hybridized carbons (Fsp3) is 0.909. The Labute approximate surface area is 216 Å². The first-order valence-electron chi connectivity index (χ1n) is 12.5. The molecule has 0 radical (unpaired) electrons. The van der Waals surface area contributed by atoms with E-state index in [1.807, 2.05) is 52.7 Å². The van der Waals surface area contributed by atoms with E-state index in [1.54, 1.807) is 6.55 Å². The summed E-state index contributed by atoms with van der Waals surface area (Å²) >= 11 is 0. The minimum atomic E-state index is -1.24. The van der Waals surface area contributed by atoms with Gasteiger partial charge in [-0.15, -0.1) is 0 Å². The van der Waals surface area contributed by atoms with Crippen LogP contribution in [0.5, 0.6) is 0 Å². The van der Waals surface area contributed by atoms with Crippen molar-refractivity contribution in [2.24, 2.45) is 15.7 Å². The molecule has 2 unspecified atom stereocenters. The van der Waals surface area contributed by atoms with Crippen molar-refractivity contribution in [3.63, 3.8) is 0 Å². The monoisotopic (exact) mass is 537 g/mol. The van der Waals surface area contributed by atoms with Crippen molar-refractivity contribution in [2.75, 3.05) is 61.9 Å². The van der Waals surface area contributed by atoms with Crippen molar-refractivity contribution in [3.8, 4) is 0 Å². The van der Waals surface area contributed by atoms with Crippen molar-refractivity contribution in [2.45, 2.75) is 70.9 Å². The van der Waals surface area contributed by atoms with Crippen LogP contribution < -0.4 is 5.73 Å². The van der Waals surface area contributed by atoms with Crippen molar-refractivity contribution >= 4 is 39.4 Å². The van der Waals surface area contributed by atoms with Gasteiger partial charge < -0.3 is 24.2 Å². The molecule has 0 spiro atoms. The first-order chi connectivity index (χ1) is 15.8. The molecule has 9 nitrogen and oxygen atoms in total. The zero-order valence-electron chi connectivity index (χ0n) is 24.2. The first kappa shape index (κ1) is 37.9. The van der Waals surface area contributed by atoms with Crippen LogP contribution in [0.2, 0.25) is 37.8 Å². The van der Waals surface area contributed by atoms with Gasteiger partial charge in [-0.25, -0.2) is 9.58 Å². The highest BCUT2D eigenvalue weighted by Crippen LogP contribution is 2.05. The highest BCUT2D eigenvalue weighted by molar-refractivity contribution is 6.53. The maximum atomic E-state index is 10.00. The molecule has 0 aliphatic carbocycles. The summed E-state index contributed by atoms with van der Waals surface area (Å²) in [6.07, 6.45) is 7.08. The summed E-state index contributed by atoms with van der Waals surface area (Å²) in [7, 11) is 8.70. The fourth-order valence-corrected chi connectivity index (χ4v) is 5.03. The molecule has 0 saturated carbocycles. The van der Waals surface area contributed by atoms with Gasteiger partial charge in [0.15, 0.2) is 0 Å². The van der Waals surface area contributed by atoms with Gasteiger partial charge in [-0.1, -0.05) is 13.8 Å². The molecule has 34 heavy (non-hydrogen) atoms. The summed E-state index contributed by atoms with van der Waals surface area (Å²) in [5.41, 5.74) is 5.03. The average molecular weight is 538 g/mol. The van der Waals surface area contributed by atoms with Gasteiger partial charge in [0.25, 0.3) is 8.68 Å². The van der Waals surface area contributed by atoms with Gasteiger partial charge >= 0.3 is 0 Å². The van der Waals surface area contributed by atoms with Crippen molar-refractivity contribution in [1.29, 1.82) is 0 Å². The quantitative estimate of drug-likeness (QED) is 0.0619. The Morgan fingerprint density at radius 2 is 1.38 bits per heavy atom. The zero-order valence-corrected chi connectivity index (χ0v) is 27.5. The average Bonchev–Trinajstić information content (AvgIpc) is 2.77. The summed E-state index contributed by atoms with van der Waals surface area (Å²) < 4.78 is 22.0. The van der Waals surface area contributed by atoms with E-state index in [-0.39, 0.29) is 0 Å². The highest BCUT2D eigenvalue weighted by atomic mass is 28.3. The lowest BCUT2D eigenvalue weighted by molar-refractivity contribution is -0.912. The van der Waals surface area contributed by atoms with Crippen molar-refractivity contribution in [3.05, 3.63) is 0 Å². The smallest absolute Gasteiger partial charge is 0.273 e. The number of aliphatic imine (C=N–C) groups is 2. The molecule has 0 aromatic carbocycles. The molecule has 0 saturated heterocycles. The largest absolute Gasteiger partial charge is 0.389 e. The van der Waals surface area contributed by atoms with E-state index in [0.29, 0.717) is 4.59 Å². The van der Waals surface area contributed by atoms with Crippen LogP contribution in [-0.4, -0.2) is 116 Å². The molecule has 12 heteroatoms. The van der Waals surface area contributed by atoms with Crippen LogP contribution in [0.1, 0.15) is 33.1 Å². The Kier molecular flexibility index (Phi) is 28.4. The van der Waals surface area contributed by atoms with E-state index in [9.17, 15) is 4.46 Å². The third kappa shape index (κ3) is 31.4. The Balaban J connectivity index is -0.000000900. The SMILES string of the molecule is CCCN.CC[Si](C)=O.CN(C)C=NCCC[SiH](C)OO[SiH](C)CCCN=C[N+](C)(C)N(C)C. The second-order valence-electron chi connectivity index (χ2n) is 9.28. The standard InChI is InChI=1S/C16H40N5O2Si2.C3H9N.C3H8OSi/c1-19(2)15-17-11-9-13-24(7)22-23-25(8)14-10-12-18-16-21(5,6)20(3)4;1-2-3-4;1-3-5(2)4/h15-16,24-25H,9-14H2,1-8H3;2-4H2,1H3;3H2,1-2H3/q+1;;. The summed E-state index contributed by atoms with van der Waals surface area (Å²) in [4.78, 5) is 10.8. The molecule has 0 aliphatic heterocycles. The summed E-state index contributed by atoms with van der Waals surface area (Å²) in [5.74, 6) is 0. The lowest BCUT2D eigenvalue weighted by Gasteiger charge is -2.29. The number of hydrogen-bond acceptors (Lipinski definition) is 7. The molecule has 0 bridgehead atoms. The highest BCUT2D eigenvalue weighted by Gasteiger charge is 2.15. The maximum absolute atomic E-state index is 10.00. The third-order valence-corrected chi connectivity index (χ3v) is 9.21. The Bertz CT molecular complexity index is 522. The zero-order chi connectivity index (χ0) is 27.0. The maximum Gasteiger partial charge on any atom is 0.273 e. The van der Waals surface area contributed by atoms with Gasteiger partial charge in [0.05, 0.1) is 20.4 Å².